The van der Waals surface area contributed by atoms with Crippen LogP contribution < -0.4 is 4.74 Å². The first-order valence-electron chi connectivity index (χ1n) is 13.3. The molecule has 3 rings (SSSR count). The van der Waals surface area contributed by atoms with Crippen molar-refractivity contribution in [1.82, 2.24) is 4.90 Å². The van der Waals surface area contributed by atoms with Crippen LogP contribution in [0.2, 0.25) is 0 Å². The normalized spacial score (nSPS) is 11.0. The maximum absolute atomic E-state index is 11.8. The van der Waals surface area contributed by atoms with E-state index in [2.05, 4.69) is 34.7 Å². The summed E-state index contributed by atoms with van der Waals surface area (Å²) < 4.78 is 17.1. The molecule has 0 fully saturated rings. The number of benzene rings is 2. The number of carbonyl (C=O) groups excluding carboxylic acids is 2. The third-order valence-corrected chi connectivity index (χ3v) is 8.22. The van der Waals surface area contributed by atoms with Gasteiger partial charge in [-0.05, 0) is 94.1 Å². The van der Waals surface area contributed by atoms with E-state index in [0.717, 1.165) is 54.7 Å². The van der Waals surface area contributed by atoms with Crippen molar-refractivity contribution in [3.05, 3.63) is 85.0 Å². The molecular formula is C31H38BrNO5S. The van der Waals surface area contributed by atoms with Gasteiger partial charge in [-0.1, -0.05) is 28.1 Å². The summed E-state index contributed by atoms with van der Waals surface area (Å²) in [6.07, 6.45) is 3.04. The fourth-order valence-electron chi connectivity index (χ4n) is 4.48. The fourth-order valence-corrected chi connectivity index (χ4v) is 5.86. The molecule has 6 nitrogen and oxygen atoms in total. The molecule has 2 aromatic carbocycles. The Morgan fingerprint density at radius 1 is 0.923 bits per heavy atom. The van der Waals surface area contributed by atoms with E-state index in [4.69, 9.17) is 14.2 Å². The van der Waals surface area contributed by atoms with Gasteiger partial charge in [0.15, 0.2) is 0 Å². The number of hydrogen-bond donors (Lipinski definition) is 0. The third-order valence-electron chi connectivity index (χ3n) is 6.59. The number of hydrogen-bond acceptors (Lipinski definition) is 7. The SMILES string of the molecule is CCOC(=O)CCCCN(CCc1c(C)sc(C)c1COc1ccc(Br)cc1)Cc1ccc(C(=O)OC)cc1. The molecule has 0 bridgehead atoms. The molecule has 0 atom stereocenters. The number of carbonyl (C=O) groups is 2. The molecule has 39 heavy (non-hydrogen) atoms. The molecule has 0 amide bonds. The number of rotatable bonds is 15. The van der Waals surface area contributed by atoms with Crippen molar-refractivity contribution < 1.29 is 23.8 Å². The zero-order valence-corrected chi connectivity index (χ0v) is 25.7. The highest BCUT2D eigenvalue weighted by molar-refractivity contribution is 9.10. The van der Waals surface area contributed by atoms with E-state index in [1.807, 2.05) is 66.8 Å². The van der Waals surface area contributed by atoms with Crippen molar-refractivity contribution in [2.24, 2.45) is 0 Å². The lowest BCUT2D eigenvalue weighted by atomic mass is 10.1. The summed E-state index contributed by atoms with van der Waals surface area (Å²) in [4.78, 5) is 28.6. The average molecular weight is 617 g/mol. The van der Waals surface area contributed by atoms with Crippen LogP contribution in [-0.4, -0.2) is 43.6 Å². The Balaban J connectivity index is 1.67. The topological polar surface area (TPSA) is 65.1 Å². The molecule has 0 aliphatic heterocycles. The summed E-state index contributed by atoms with van der Waals surface area (Å²) in [5.41, 5.74) is 4.30. The van der Waals surface area contributed by atoms with E-state index in [1.165, 1.54) is 28.0 Å². The van der Waals surface area contributed by atoms with Gasteiger partial charge in [-0.3, -0.25) is 9.69 Å². The average Bonchev–Trinajstić information content (AvgIpc) is 3.20. The number of esters is 2. The number of methoxy groups -OCH3 is 1. The first kappa shape index (κ1) is 30.9. The number of ether oxygens (including phenoxy) is 3. The number of thiophene rings is 1. The smallest absolute Gasteiger partial charge is 0.337 e. The van der Waals surface area contributed by atoms with E-state index in [9.17, 15) is 9.59 Å². The van der Waals surface area contributed by atoms with Gasteiger partial charge < -0.3 is 14.2 Å². The molecule has 0 aliphatic rings. The van der Waals surface area contributed by atoms with Gasteiger partial charge in [0.05, 0.1) is 19.3 Å². The molecule has 1 aromatic heterocycles. The summed E-state index contributed by atoms with van der Waals surface area (Å²) in [5, 5.41) is 0. The van der Waals surface area contributed by atoms with Crippen LogP contribution in [0.15, 0.2) is 53.0 Å². The Hall–Kier alpha value is -2.68. The second-order valence-electron chi connectivity index (χ2n) is 9.39. The van der Waals surface area contributed by atoms with E-state index < -0.39 is 0 Å². The summed E-state index contributed by atoms with van der Waals surface area (Å²) >= 11 is 5.30. The lowest BCUT2D eigenvalue weighted by Crippen LogP contribution is -2.27. The zero-order valence-electron chi connectivity index (χ0n) is 23.3. The Morgan fingerprint density at radius 2 is 1.62 bits per heavy atom. The Bertz CT molecular complexity index is 1210. The van der Waals surface area contributed by atoms with Gasteiger partial charge in [0.1, 0.15) is 12.4 Å². The van der Waals surface area contributed by atoms with Crippen molar-refractivity contribution in [2.45, 2.75) is 59.6 Å². The summed E-state index contributed by atoms with van der Waals surface area (Å²) in [7, 11) is 1.39. The van der Waals surface area contributed by atoms with Crippen LogP contribution in [0.5, 0.6) is 5.75 Å². The van der Waals surface area contributed by atoms with Crippen LogP contribution >= 0.6 is 27.3 Å². The highest BCUT2D eigenvalue weighted by Gasteiger charge is 2.16. The molecule has 8 heteroatoms. The Morgan fingerprint density at radius 3 is 2.28 bits per heavy atom. The minimum Gasteiger partial charge on any atom is -0.489 e. The van der Waals surface area contributed by atoms with E-state index in [-0.39, 0.29) is 11.9 Å². The molecule has 210 valence electrons. The van der Waals surface area contributed by atoms with E-state index in [0.29, 0.717) is 25.2 Å². The molecule has 0 spiro atoms. The highest BCUT2D eigenvalue weighted by Crippen LogP contribution is 2.30. The lowest BCUT2D eigenvalue weighted by Gasteiger charge is -2.23. The molecule has 0 aliphatic carbocycles. The highest BCUT2D eigenvalue weighted by atomic mass is 79.9. The third kappa shape index (κ3) is 9.78. The predicted octanol–water partition coefficient (Wildman–Crippen LogP) is 7.27. The molecule has 0 saturated carbocycles. The lowest BCUT2D eigenvalue weighted by molar-refractivity contribution is -0.143. The summed E-state index contributed by atoms with van der Waals surface area (Å²) in [6.45, 7) is 9.64. The van der Waals surface area contributed by atoms with Gasteiger partial charge >= 0.3 is 11.9 Å². The van der Waals surface area contributed by atoms with Gasteiger partial charge in [0.25, 0.3) is 0 Å². The van der Waals surface area contributed by atoms with Crippen molar-refractivity contribution in [1.29, 1.82) is 0 Å². The molecule has 0 saturated heterocycles. The largest absolute Gasteiger partial charge is 0.489 e. The van der Waals surface area contributed by atoms with Gasteiger partial charge in [-0.2, -0.15) is 0 Å². The minimum atomic E-state index is -0.335. The number of nitrogens with zero attached hydrogens (tertiary/aromatic N) is 1. The fraction of sp³-hybridized carbons (Fsp3) is 0.419. The molecule has 0 N–H and O–H groups in total. The Kier molecular flexibility index (Phi) is 12.5. The number of halogens is 1. The first-order chi connectivity index (χ1) is 18.8. The minimum absolute atomic E-state index is 0.137. The second-order valence-corrected chi connectivity index (χ2v) is 11.7. The van der Waals surface area contributed by atoms with Gasteiger partial charge in [-0.25, -0.2) is 4.79 Å². The van der Waals surface area contributed by atoms with Crippen molar-refractivity contribution in [2.75, 3.05) is 26.8 Å². The molecule has 1 heterocycles. The van der Waals surface area contributed by atoms with E-state index in [1.54, 1.807) is 0 Å². The van der Waals surface area contributed by atoms with Crippen molar-refractivity contribution >= 4 is 39.2 Å². The first-order valence-corrected chi connectivity index (χ1v) is 14.9. The summed E-state index contributed by atoms with van der Waals surface area (Å²) in [6, 6.07) is 15.5. The van der Waals surface area contributed by atoms with Crippen LogP contribution in [0.25, 0.3) is 0 Å². The maximum atomic E-state index is 11.8. The molecule has 0 radical (unpaired) electrons. The number of aryl methyl sites for hydroxylation is 2. The Labute approximate surface area is 244 Å². The zero-order chi connectivity index (χ0) is 28.2. The monoisotopic (exact) mass is 615 g/mol. The van der Waals surface area contributed by atoms with Crippen LogP contribution in [0, 0.1) is 13.8 Å². The molecular weight excluding hydrogens is 578 g/mol. The van der Waals surface area contributed by atoms with Gasteiger partial charge in [0.2, 0.25) is 0 Å². The van der Waals surface area contributed by atoms with Crippen LogP contribution in [0.4, 0.5) is 0 Å². The quantitative estimate of drug-likeness (QED) is 0.132. The predicted molar refractivity (Wildman–Crippen MR) is 160 cm³/mol. The number of unbranched alkanes of at least 4 members (excludes halogenated alkanes) is 1. The van der Waals surface area contributed by atoms with Crippen LogP contribution in [0.3, 0.4) is 0 Å². The summed E-state index contributed by atoms with van der Waals surface area (Å²) in [5.74, 6) is 0.381. The van der Waals surface area contributed by atoms with Gasteiger partial charge in [0, 0.05) is 39.3 Å². The van der Waals surface area contributed by atoms with Crippen molar-refractivity contribution in [3.63, 3.8) is 0 Å². The second kappa shape index (κ2) is 15.8. The molecule has 0 unspecified atom stereocenters. The van der Waals surface area contributed by atoms with Crippen molar-refractivity contribution in [3.8, 4) is 5.75 Å². The van der Waals surface area contributed by atoms with Crippen LogP contribution in [-0.2, 0) is 33.8 Å². The maximum Gasteiger partial charge on any atom is 0.337 e. The van der Waals surface area contributed by atoms with Gasteiger partial charge in [-0.15, -0.1) is 11.3 Å². The van der Waals surface area contributed by atoms with E-state index >= 15 is 0 Å². The van der Waals surface area contributed by atoms with Crippen LogP contribution in [0.1, 0.15) is 63.0 Å². The standard InChI is InChI=1S/C31H38BrNO5S/c1-5-37-30(34)8-6-7-18-33(20-24-9-11-25(12-10-24)31(35)36-4)19-17-28-22(2)39-23(3)29(28)21-38-27-15-13-26(32)14-16-27/h9-16H,5-8,17-21H2,1-4H3. The molecule has 3 aromatic rings.